The van der Waals surface area contributed by atoms with Crippen LogP contribution in [-0.2, 0) is 38.4 Å². The Balaban J connectivity index is 1.83. The van der Waals surface area contributed by atoms with Crippen LogP contribution in [0.15, 0.2) is 91.0 Å². The lowest BCUT2D eigenvalue weighted by Gasteiger charge is -2.26. The molecule has 0 aliphatic rings. The van der Waals surface area contributed by atoms with Gasteiger partial charge in [-0.1, -0.05) is 91.0 Å². The third-order valence-electron chi connectivity index (χ3n) is 6.10. The predicted octanol–water partition coefficient (Wildman–Crippen LogP) is 3.66. The van der Waals surface area contributed by atoms with Gasteiger partial charge in [0.25, 0.3) is 0 Å². The van der Waals surface area contributed by atoms with Gasteiger partial charge in [-0.3, -0.25) is 9.59 Å². The maximum Gasteiger partial charge on any atom is 0.408 e. The lowest BCUT2D eigenvalue weighted by molar-refractivity contribution is -0.142. The topological polar surface area (TPSA) is 134 Å². The summed E-state index contributed by atoms with van der Waals surface area (Å²) in [5.41, 5.74) is 1.52. The minimum Gasteiger partial charge on any atom is -0.480 e. The summed E-state index contributed by atoms with van der Waals surface area (Å²) in [6, 6.07) is 23.8. The summed E-state index contributed by atoms with van der Waals surface area (Å²) in [4.78, 5) is 51.7. The Labute approximate surface area is 240 Å². The number of alkyl carbamates (subject to hydrolysis) is 1. The van der Waals surface area contributed by atoms with Crippen LogP contribution in [0.3, 0.4) is 0 Å². The normalized spacial score (nSPS) is 13.2. The molecule has 0 radical (unpaired) electrons. The van der Waals surface area contributed by atoms with Crippen LogP contribution in [0.25, 0.3) is 0 Å². The Bertz CT molecular complexity index is 1290. The van der Waals surface area contributed by atoms with E-state index in [1.807, 2.05) is 66.7 Å². The first-order valence-corrected chi connectivity index (χ1v) is 13.4. The highest BCUT2D eigenvalue weighted by Crippen LogP contribution is 2.11. The van der Waals surface area contributed by atoms with Gasteiger partial charge in [-0.15, -0.1) is 0 Å². The van der Waals surface area contributed by atoms with Gasteiger partial charge < -0.3 is 25.8 Å². The van der Waals surface area contributed by atoms with Gasteiger partial charge >= 0.3 is 12.1 Å². The number of ether oxygens (including phenoxy) is 1. The molecule has 0 aliphatic carbocycles. The quantitative estimate of drug-likeness (QED) is 0.268. The van der Waals surface area contributed by atoms with Crippen molar-refractivity contribution in [2.24, 2.45) is 0 Å². The number of carbonyl (C=O) groups excluding carboxylic acids is 3. The number of benzene rings is 3. The number of hydrogen-bond acceptors (Lipinski definition) is 5. The molecule has 0 saturated heterocycles. The lowest BCUT2D eigenvalue weighted by atomic mass is 10.0. The van der Waals surface area contributed by atoms with Crippen LogP contribution in [0.4, 0.5) is 4.79 Å². The molecule has 0 aromatic heterocycles. The molecular formula is C32H37N3O6. The molecule has 216 valence electrons. The highest BCUT2D eigenvalue weighted by atomic mass is 16.6. The smallest absolute Gasteiger partial charge is 0.408 e. The molecule has 0 aliphatic heterocycles. The van der Waals surface area contributed by atoms with E-state index >= 15 is 0 Å². The van der Waals surface area contributed by atoms with Gasteiger partial charge in [0.05, 0.1) is 0 Å². The largest absolute Gasteiger partial charge is 0.480 e. The van der Waals surface area contributed by atoms with E-state index in [1.165, 1.54) is 0 Å². The summed E-state index contributed by atoms with van der Waals surface area (Å²) in [5, 5.41) is 17.8. The Morgan fingerprint density at radius 2 is 0.951 bits per heavy atom. The lowest BCUT2D eigenvalue weighted by Crippen LogP contribution is -2.57. The highest BCUT2D eigenvalue weighted by molar-refractivity contribution is 5.93. The molecule has 0 heterocycles. The van der Waals surface area contributed by atoms with E-state index < -0.39 is 47.6 Å². The van der Waals surface area contributed by atoms with Crippen LogP contribution in [0.2, 0.25) is 0 Å². The molecule has 4 N–H and O–H groups in total. The second-order valence-electron chi connectivity index (χ2n) is 10.7. The number of carboxylic acids is 1. The fourth-order valence-electron chi connectivity index (χ4n) is 4.16. The molecule has 41 heavy (non-hydrogen) atoms. The number of carboxylic acid groups (broad SMARTS) is 1. The van der Waals surface area contributed by atoms with Gasteiger partial charge in [0.2, 0.25) is 11.8 Å². The second kappa shape index (κ2) is 14.6. The standard InChI is InChI=1S/C32H37N3O6/c1-32(2,3)41-31(40)35-26(20-23-15-9-5-10-16-23)29(37)33-25(19-22-13-7-4-8-14-22)28(36)34-27(30(38)39)21-24-17-11-6-12-18-24/h4-18,25-27H,19-21H2,1-3H3,(H,33,37)(H,34,36)(H,35,40)(H,38,39)/t25-,26-,27-/m0/s1. The molecule has 3 aromatic carbocycles. The van der Waals surface area contributed by atoms with Gasteiger partial charge in [0.1, 0.15) is 23.7 Å². The average molecular weight is 560 g/mol. The van der Waals surface area contributed by atoms with Gasteiger partial charge in [0, 0.05) is 19.3 Å². The molecule has 3 aromatic rings. The van der Waals surface area contributed by atoms with E-state index in [2.05, 4.69) is 16.0 Å². The molecule has 0 unspecified atom stereocenters. The van der Waals surface area contributed by atoms with Crippen LogP contribution >= 0.6 is 0 Å². The van der Waals surface area contributed by atoms with Crippen LogP contribution in [0.1, 0.15) is 37.5 Å². The van der Waals surface area contributed by atoms with Crippen molar-refractivity contribution in [2.45, 2.75) is 63.8 Å². The second-order valence-corrected chi connectivity index (χ2v) is 10.7. The van der Waals surface area contributed by atoms with E-state index in [4.69, 9.17) is 4.74 Å². The number of rotatable bonds is 12. The fourth-order valence-corrected chi connectivity index (χ4v) is 4.16. The number of aliphatic carboxylic acids is 1. The number of carbonyl (C=O) groups is 4. The van der Waals surface area contributed by atoms with Crippen molar-refractivity contribution in [3.63, 3.8) is 0 Å². The summed E-state index contributed by atoms with van der Waals surface area (Å²) in [5.74, 6) is -2.45. The zero-order chi connectivity index (χ0) is 29.8. The molecule has 0 saturated carbocycles. The van der Waals surface area contributed by atoms with Gasteiger partial charge in [-0.05, 0) is 37.5 Å². The van der Waals surface area contributed by atoms with Crippen molar-refractivity contribution in [1.82, 2.24) is 16.0 Å². The highest BCUT2D eigenvalue weighted by Gasteiger charge is 2.31. The fraction of sp³-hybridized carbons (Fsp3) is 0.312. The van der Waals surface area contributed by atoms with Gasteiger partial charge in [-0.2, -0.15) is 0 Å². The van der Waals surface area contributed by atoms with E-state index in [-0.39, 0.29) is 19.3 Å². The zero-order valence-corrected chi connectivity index (χ0v) is 23.5. The van der Waals surface area contributed by atoms with Crippen molar-refractivity contribution >= 4 is 23.9 Å². The maximum absolute atomic E-state index is 13.6. The molecule has 3 rings (SSSR count). The third-order valence-corrected chi connectivity index (χ3v) is 6.10. The van der Waals surface area contributed by atoms with E-state index in [0.29, 0.717) is 0 Å². The summed E-state index contributed by atoms with van der Waals surface area (Å²) in [6.45, 7) is 5.15. The molecule has 3 atom stereocenters. The van der Waals surface area contributed by atoms with Crippen LogP contribution in [0.5, 0.6) is 0 Å². The van der Waals surface area contributed by atoms with Crippen molar-refractivity contribution in [1.29, 1.82) is 0 Å². The van der Waals surface area contributed by atoms with Crippen molar-refractivity contribution < 1.29 is 29.0 Å². The molecule has 3 amide bonds. The Kier molecular flexibility index (Phi) is 11.0. The van der Waals surface area contributed by atoms with Crippen molar-refractivity contribution in [3.8, 4) is 0 Å². The first-order chi connectivity index (χ1) is 19.5. The summed E-state index contributed by atoms with van der Waals surface area (Å²) in [6.07, 6.45) is -0.436. The van der Waals surface area contributed by atoms with E-state index in [0.717, 1.165) is 16.7 Å². The summed E-state index contributed by atoms with van der Waals surface area (Å²) in [7, 11) is 0. The molecule has 0 fully saturated rings. The first kappa shape index (κ1) is 30.9. The molecule has 9 nitrogen and oxygen atoms in total. The molecule has 0 spiro atoms. The number of amides is 3. The van der Waals surface area contributed by atoms with Crippen molar-refractivity contribution in [2.75, 3.05) is 0 Å². The summed E-state index contributed by atoms with van der Waals surface area (Å²) < 4.78 is 5.37. The predicted molar refractivity (Wildman–Crippen MR) is 155 cm³/mol. The Hall–Kier alpha value is -4.66. The Morgan fingerprint density at radius 3 is 1.32 bits per heavy atom. The average Bonchev–Trinajstić information content (AvgIpc) is 2.92. The van der Waals surface area contributed by atoms with Crippen LogP contribution in [0, 0.1) is 0 Å². The van der Waals surface area contributed by atoms with Crippen molar-refractivity contribution in [3.05, 3.63) is 108 Å². The SMILES string of the molecule is CC(C)(C)OC(=O)N[C@@H](Cc1ccccc1)C(=O)N[C@@H](Cc1ccccc1)C(=O)N[C@@H](Cc1ccccc1)C(=O)O. The van der Waals surface area contributed by atoms with E-state index in [1.54, 1.807) is 45.0 Å². The number of nitrogens with one attached hydrogen (secondary N) is 3. The molecule has 9 heteroatoms. The monoisotopic (exact) mass is 559 g/mol. The first-order valence-electron chi connectivity index (χ1n) is 13.4. The summed E-state index contributed by atoms with van der Waals surface area (Å²) >= 11 is 0. The third kappa shape index (κ3) is 10.8. The number of hydrogen-bond donors (Lipinski definition) is 4. The Morgan fingerprint density at radius 1 is 0.610 bits per heavy atom. The minimum absolute atomic E-state index is 0.0742. The molecule has 0 bridgehead atoms. The van der Waals surface area contributed by atoms with Gasteiger partial charge in [-0.25, -0.2) is 9.59 Å². The minimum atomic E-state index is -1.21. The van der Waals surface area contributed by atoms with E-state index in [9.17, 15) is 24.3 Å². The maximum atomic E-state index is 13.6. The molecular weight excluding hydrogens is 522 g/mol. The van der Waals surface area contributed by atoms with Gasteiger partial charge in [0.15, 0.2) is 0 Å². The zero-order valence-electron chi connectivity index (χ0n) is 23.5. The van der Waals surface area contributed by atoms with Crippen LogP contribution < -0.4 is 16.0 Å². The van der Waals surface area contributed by atoms with Crippen LogP contribution in [-0.4, -0.2) is 52.7 Å².